The van der Waals surface area contributed by atoms with E-state index in [1.807, 2.05) is 67.6 Å². The van der Waals surface area contributed by atoms with Crippen LogP contribution in [0.25, 0.3) is 0 Å². The predicted octanol–water partition coefficient (Wildman–Crippen LogP) is 4.91. The number of sulfonamides is 1. The lowest BCUT2D eigenvalue weighted by molar-refractivity contribution is -0.156. The van der Waals surface area contributed by atoms with Crippen LogP contribution in [0.2, 0.25) is 0 Å². The second-order valence-electron chi connectivity index (χ2n) is 9.41. The molecule has 2 atom stereocenters. The number of carbonyl (C=O) groups is 1. The Morgan fingerprint density at radius 1 is 0.857 bits per heavy atom. The van der Waals surface area contributed by atoms with E-state index in [4.69, 9.17) is 9.73 Å². The molecular weight excluding hydrogens is 460 g/mol. The quantitative estimate of drug-likeness (QED) is 0.358. The van der Waals surface area contributed by atoms with Gasteiger partial charge in [-0.1, -0.05) is 78.4 Å². The Balaban J connectivity index is 2.06. The van der Waals surface area contributed by atoms with Crippen molar-refractivity contribution in [3.8, 4) is 0 Å². The van der Waals surface area contributed by atoms with Gasteiger partial charge >= 0.3 is 5.97 Å². The van der Waals surface area contributed by atoms with Crippen LogP contribution in [0.5, 0.6) is 0 Å². The highest BCUT2D eigenvalue weighted by Gasteiger charge is 2.33. The number of hydrogen-bond donors (Lipinski definition) is 1. The molecule has 0 unspecified atom stereocenters. The van der Waals surface area contributed by atoms with Gasteiger partial charge in [-0.25, -0.2) is 17.9 Å². The molecule has 184 valence electrons. The van der Waals surface area contributed by atoms with Crippen LogP contribution in [0.1, 0.15) is 44.4 Å². The topological polar surface area (TPSA) is 84.8 Å². The van der Waals surface area contributed by atoms with Crippen LogP contribution < -0.4 is 4.72 Å². The summed E-state index contributed by atoms with van der Waals surface area (Å²) in [5.41, 5.74) is 2.37. The molecule has 0 amide bonds. The molecule has 0 saturated heterocycles. The van der Waals surface area contributed by atoms with Crippen LogP contribution in [0, 0.1) is 6.92 Å². The lowest BCUT2D eigenvalue weighted by atomic mass is 10.0. The molecule has 1 N–H and O–H groups in total. The van der Waals surface area contributed by atoms with Gasteiger partial charge in [-0.2, -0.15) is 0 Å². The Bertz CT molecular complexity index is 1220. The van der Waals surface area contributed by atoms with E-state index in [1.165, 1.54) is 12.1 Å². The van der Waals surface area contributed by atoms with Crippen molar-refractivity contribution in [1.82, 2.24) is 4.72 Å². The molecule has 0 fully saturated rings. The molecule has 0 saturated carbocycles. The summed E-state index contributed by atoms with van der Waals surface area (Å²) in [6.45, 7) is 8.80. The van der Waals surface area contributed by atoms with Crippen LogP contribution in [0.15, 0.2) is 94.8 Å². The van der Waals surface area contributed by atoms with E-state index >= 15 is 0 Å². The highest BCUT2D eigenvalue weighted by molar-refractivity contribution is 7.89. The number of nitrogens with one attached hydrogen (secondary N) is 1. The fourth-order valence-electron chi connectivity index (χ4n) is 3.47. The van der Waals surface area contributed by atoms with Gasteiger partial charge < -0.3 is 4.74 Å². The van der Waals surface area contributed by atoms with Crippen molar-refractivity contribution in [2.75, 3.05) is 0 Å². The zero-order valence-corrected chi connectivity index (χ0v) is 21.5. The van der Waals surface area contributed by atoms with Crippen molar-refractivity contribution in [3.05, 3.63) is 102 Å². The molecule has 0 aliphatic carbocycles. The molecule has 3 aromatic carbocycles. The molecule has 0 spiro atoms. The third-order valence-electron chi connectivity index (χ3n) is 5.16. The smallest absolute Gasteiger partial charge is 0.333 e. The second-order valence-corrected chi connectivity index (χ2v) is 11.1. The van der Waals surface area contributed by atoms with Crippen LogP contribution in [0.3, 0.4) is 0 Å². The summed E-state index contributed by atoms with van der Waals surface area (Å²) in [6.07, 6.45) is 0. The maximum absolute atomic E-state index is 13.3. The molecule has 0 aliphatic rings. The van der Waals surface area contributed by atoms with Crippen molar-refractivity contribution in [3.63, 3.8) is 0 Å². The van der Waals surface area contributed by atoms with Gasteiger partial charge in [0, 0.05) is 11.1 Å². The maximum atomic E-state index is 13.3. The van der Waals surface area contributed by atoms with Crippen LogP contribution in [-0.4, -0.2) is 37.8 Å². The Kier molecular flexibility index (Phi) is 8.25. The highest BCUT2D eigenvalue weighted by atomic mass is 32.2. The van der Waals surface area contributed by atoms with Gasteiger partial charge in [0.1, 0.15) is 5.60 Å². The van der Waals surface area contributed by atoms with Crippen LogP contribution >= 0.6 is 0 Å². The summed E-state index contributed by atoms with van der Waals surface area (Å²) in [5, 5.41) is 0. The Morgan fingerprint density at radius 3 is 1.80 bits per heavy atom. The first-order valence-corrected chi connectivity index (χ1v) is 12.9. The lowest BCUT2D eigenvalue weighted by Crippen LogP contribution is -2.46. The number of aliphatic imine (C=N–C) groups is 1. The monoisotopic (exact) mass is 492 g/mol. The molecule has 7 heteroatoms. The third kappa shape index (κ3) is 7.34. The van der Waals surface area contributed by atoms with Crippen molar-refractivity contribution in [1.29, 1.82) is 0 Å². The van der Waals surface area contributed by atoms with Crippen molar-refractivity contribution < 1.29 is 17.9 Å². The average molecular weight is 493 g/mol. The lowest BCUT2D eigenvalue weighted by Gasteiger charge is -2.26. The summed E-state index contributed by atoms with van der Waals surface area (Å²) < 4.78 is 34.4. The number of aryl methyl sites for hydroxylation is 1. The minimum absolute atomic E-state index is 0.119. The molecule has 6 nitrogen and oxygen atoms in total. The average Bonchev–Trinajstić information content (AvgIpc) is 2.79. The van der Waals surface area contributed by atoms with E-state index in [2.05, 4.69) is 4.72 Å². The number of hydrogen-bond acceptors (Lipinski definition) is 5. The summed E-state index contributed by atoms with van der Waals surface area (Å²) in [5.74, 6) is -0.610. The number of ether oxygens (including phenoxy) is 1. The standard InChI is InChI=1S/C28H32N2O4S/c1-20-16-18-24(19-17-20)35(32,33)30-21(2)25(27(31)34-28(3,4)5)29-26(22-12-8-6-9-13-22)23-14-10-7-11-15-23/h6-19,21,25,30H,1-5H3/t21-,25+/m1/s1. The third-order valence-corrected chi connectivity index (χ3v) is 6.73. The summed E-state index contributed by atoms with van der Waals surface area (Å²) in [6, 6.07) is 23.5. The Labute approximate surface area is 208 Å². The van der Waals surface area contributed by atoms with Gasteiger partial charge in [0.15, 0.2) is 6.04 Å². The van der Waals surface area contributed by atoms with Crippen molar-refractivity contribution >= 4 is 21.7 Å². The molecule has 0 bridgehead atoms. The predicted molar refractivity (Wildman–Crippen MR) is 139 cm³/mol. The van der Waals surface area contributed by atoms with E-state index in [9.17, 15) is 13.2 Å². The van der Waals surface area contributed by atoms with Crippen molar-refractivity contribution in [2.24, 2.45) is 4.99 Å². The van der Waals surface area contributed by atoms with E-state index in [0.29, 0.717) is 5.71 Å². The fraction of sp³-hybridized carbons (Fsp3) is 0.286. The normalized spacial score (nSPS) is 13.5. The molecule has 3 rings (SSSR count). The molecular formula is C28H32N2O4S. The highest BCUT2D eigenvalue weighted by Crippen LogP contribution is 2.19. The molecule has 0 radical (unpaired) electrons. The Hall–Kier alpha value is -3.29. The SMILES string of the molecule is Cc1ccc(S(=O)(=O)N[C@H](C)[C@H](N=C(c2ccccc2)c2ccccc2)C(=O)OC(C)(C)C)cc1. The molecule has 3 aromatic rings. The van der Waals surface area contributed by atoms with Gasteiger partial charge in [0.2, 0.25) is 10.0 Å². The van der Waals surface area contributed by atoms with Crippen LogP contribution in [0.4, 0.5) is 0 Å². The first-order chi connectivity index (χ1) is 16.5. The van der Waals surface area contributed by atoms with Gasteiger partial charge in [-0.05, 0) is 46.8 Å². The largest absolute Gasteiger partial charge is 0.458 e. The number of nitrogens with zero attached hydrogens (tertiary/aromatic N) is 1. The zero-order chi connectivity index (χ0) is 25.6. The fourth-order valence-corrected chi connectivity index (χ4v) is 4.72. The van der Waals surface area contributed by atoms with Crippen molar-refractivity contribution in [2.45, 2.75) is 57.2 Å². The maximum Gasteiger partial charge on any atom is 0.333 e. The summed E-state index contributed by atoms with van der Waals surface area (Å²) in [7, 11) is -3.89. The van der Waals surface area contributed by atoms with Gasteiger partial charge in [-0.15, -0.1) is 0 Å². The number of esters is 1. The van der Waals surface area contributed by atoms with E-state index in [1.54, 1.807) is 39.8 Å². The summed E-state index contributed by atoms with van der Waals surface area (Å²) >= 11 is 0. The number of carbonyl (C=O) groups excluding carboxylic acids is 1. The summed E-state index contributed by atoms with van der Waals surface area (Å²) in [4.78, 5) is 18.2. The molecule has 35 heavy (non-hydrogen) atoms. The van der Waals surface area contributed by atoms with Gasteiger partial charge in [0.05, 0.1) is 16.6 Å². The minimum Gasteiger partial charge on any atom is -0.458 e. The number of benzene rings is 3. The van der Waals surface area contributed by atoms with E-state index in [0.717, 1.165) is 16.7 Å². The van der Waals surface area contributed by atoms with Gasteiger partial charge in [-0.3, -0.25) is 4.99 Å². The molecule has 0 aromatic heterocycles. The molecule has 0 aliphatic heterocycles. The second kappa shape index (κ2) is 11.0. The first kappa shape index (κ1) is 26.3. The first-order valence-electron chi connectivity index (χ1n) is 11.5. The molecule has 0 heterocycles. The Morgan fingerprint density at radius 2 is 1.34 bits per heavy atom. The zero-order valence-electron chi connectivity index (χ0n) is 20.7. The van der Waals surface area contributed by atoms with E-state index in [-0.39, 0.29) is 4.90 Å². The van der Waals surface area contributed by atoms with Gasteiger partial charge in [0.25, 0.3) is 0 Å². The van der Waals surface area contributed by atoms with Crippen LogP contribution in [-0.2, 0) is 19.6 Å². The minimum atomic E-state index is -3.89. The van der Waals surface area contributed by atoms with E-state index < -0.39 is 33.7 Å². The number of rotatable bonds is 8.